The van der Waals surface area contributed by atoms with Crippen LogP contribution in [0.5, 0.6) is 0 Å². The fourth-order valence-corrected chi connectivity index (χ4v) is 2.49. The number of hydrogen-bond donors (Lipinski definition) is 2. The van der Waals surface area contributed by atoms with Gasteiger partial charge in [-0.2, -0.15) is 0 Å². The van der Waals surface area contributed by atoms with Crippen LogP contribution in [-0.2, 0) is 14.3 Å². The highest BCUT2D eigenvalue weighted by Gasteiger charge is 2.25. The van der Waals surface area contributed by atoms with Crippen molar-refractivity contribution in [1.82, 2.24) is 10.6 Å². The second kappa shape index (κ2) is 9.53. The van der Waals surface area contributed by atoms with Crippen molar-refractivity contribution in [3.05, 3.63) is 76.3 Å². The van der Waals surface area contributed by atoms with Gasteiger partial charge in [0, 0.05) is 23.2 Å². The fourth-order valence-electron chi connectivity index (χ4n) is 2.07. The van der Waals surface area contributed by atoms with Gasteiger partial charge in [-0.1, -0.05) is 58.4 Å². The van der Waals surface area contributed by atoms with E-state index < -0.39 is 24.0 Å². The molecule has 0 aliphatic heterocycles. The molecule has 0 aliphatic rings. The Morgan fingerprint density at radius 3 is 2.46 bits per heavy atom. The largest absolute Gasteiger partial charge is 0.444 e. The highest BCUT2D eigenvalue weighted by Crippen LogP contribution is 2.18. The molecule has 2 aromatic carbocycles. The van der Waals surface area contributed by atoms with Crippen LogP contribution >= 0.6 is 15.9 Å². The van der Waals surface area contributed by atoms with Gasteiger partial charge in [0.25, 0.3) is 5.91 Å². The molecular weight excluding hydrogens is 400 g/mol. The van der Waals surface area contributed by atoms with E-state index in [2.05, 4.69) is 26.6 Å². The average Bonchev–Trinajstić information content (AvgIpc) is 2.65. The second-order valence-corrected chi connectivity index (χ2v) is 6.10. The Labute approximate surface area is 159 Å². The number of ether oxygens (including phenoxy) is 1. The first-order valence-electron chi connectivity index (χ1n) is 7.71. The molecule has 0 saturated carbocycles. The van der Waals surface area contributed by atoms with Gasteiger partial charge in [0.15, 0.2) is 0 Å². The summed E-state index contributed by atoms with van der Waals surface area (Å²) in [4.78, 5) is 35.8. The molecule has 2 aromatic rings. The molecule has 7 heteroatoms. The third-order valence-corrected chi connectivity index (χ3v) is 3.79. The van der Waals surface area contributed by atoms with Crippen LogP contribution in [0.2, 0.25) is 0 Å². The van der Waals surface area contributed by atoms with Gasteiger partial charge in [0.1, 0.15) is 0 Å². The molecule has 0 spiro atoms. The summed E-state index contributed by atoms with van der Waals surface area (Å²) >= 11 is 3.35. The maximum atomic E-state index is 12.3. The van der Waals surface area contributed by atoms with Gasteiger partial charge in [0.2, 0.25) is 6.10 Å². The molecular formula is C19H17BrN2O4. The lowest BCUT2D eigenvalue weighted by Crippen LogP contribution is -2.41. The Morgan fingerprint density at radius 2 is 1.81 bits per heavy atom. The van der Waals surface area contributed by atoms with Crippen LogP contribution in [-0.4, -0.2) is 25.0 Å². The van der Waals surface area contributed by atoms with Crippen LogP contribution in [0.25, 0.3) is 6.08 Å². The first-order valence-corrected chi connectivity index (χ1v) is 8.50. The minimum Gasteiger partial charge on any atom is -0.444 e. The van der Waals surface area contributed by atoms with Crippen molar-refractivity contribution in [3.8, 4) is 0 Å². The van der Waals surface area contributed by atoms with Crippen molar-refractivity contribution < 1.29 is 19.1 Å². The van der Waals surface area contributed by atoms with Crippen molar-refractivity contribution in [2.45, 2.75) is 6.10 Å². The normalized spacial score (nSPS) is 11.6. The monoisotopic (exact) mass is 416 g/mol. The number of hydrogen-bond acceptors (Lipinski definition) is 4. The van der Waals surface area contributed by atoms with Crippen molar-refractivity contribution >= 4 is 39.9 Å². The summed E-state index contributed by atoms with van der Waals surface area (Å²) in [5.74, 6) is -1.44. The number of halogens is 1. The predicted octanol–water partition coefficient (Wildman–Crippen LogP) is 3.20. The molecule has 6 nitrogen and oxygen atoms in total. The Balaban J connectivity index is 2.14. The Bertz CT molecular complexity index is 821. The molecule has 2 rings (SSSR count). The third kappa shape index (κ3) is 5.86. The predicted molar refractivity (Wildman–Crippen MR) is 101 cm³/mol. The molecule has 0 saturated heterocycles. The zero-order valence-corrected chi connectivity index (χ0v) is 15.5. The lowest BCUT2D eigenvalue weighted by molar-refractivity contribution is -0.151. The van der Waals surface area contributed by atoms with E-state index in [1.807, 2.05) is 24.3 Å². The Hall–Kier alpha value is -2.93. The molecule has 3 amide bonds. The molecule has 1 unspecified atom stereocenters. The van der Waals surface area contributed by atoms with E-state index >= 15 is 0 Å². The highest BCUT2D eigenvalue weighted by atomic mass is 79.9. The molecule has 26 heavy (non-hydrogen) atoms. The quantitative estimate of drug-likeness (QED) is 0.578. The van der Waals surface area contributed by atoms with E-state index in [1.165, 1.54) is 13.1 Å². The van der Waals surface area contributed by atoms with E-state index in [4.69, 9.17) is 4.74 Å². The molecule has 0 aliphatic carbocycles. The van der Waals surface area contributed by atoms with Crippen molar-refractivity contribution in [3.63, 3.8) is 0 Å². The molecule has 0 aromatic heterocycles. The minimum atomic E-state index is -1.24. The van der Waals surface area contributed by atoms with E-state index in [-0.39, 0.29) is 0 Å². The molecule has 0 fully saturated rings. The standard InChI is InChI=1S/C19H17BrN2O4/c1-21-19(25)22-18(24)17(14-7-3-2-4-8-14)26-16(23)11-10-13-6-5-9-15(20)12-13/h2-12,17H,1H3,(H2,21,22,24,25)/b11-10+. The number of nitrogens with one attached hydrogen (secondary N) is 2. The molecule has 0 radical (unpaired) electrons. The summed E-state index contributed by atoms with van der Waals surface area (Å²) in [6, 6.07) is 15.1. The molecule has 0 bridgehead atoms. The van der Waals surface area contributed by atoms with Crippen LogP contribution in [0.1, 0.15) is 17.2 Å². The Morgan fingerprint density at radius 1 is 1.08 bits per heavy atom. The number of amides is 3. The zero-order valence-electron chi connectivity index (χ0n) is 13.9. The fraction of sp³-hybridized carbons (Fsp3) is 0.105. The van der Waals surface area contributed by atoms with Crippen molar-refractivity contribution in [2.24, 2.45) is 0 Å². The molecule has 2 N–H and O–H groups in total. The summed E-state index contributed by atoms with van der Waals surface area (Å²) in [6.07, 6.45) is 1.56. The molecule has 0 heterocycles. The maximum Gasteiger partial charge on any atom is 0.331 e. The van der Waals surface area contributed by atoms with Gasteiger partial charge in [-0.25, -0.2) is 9.59 Å². The van der Waals surface area contributed by atoms with Gasteiger partial charge in [-0.3, -0.25) is 10.1 Å². The lowest BCUT2D eigenvalue weighted by atomic mass is 10.1. The number of benzene rings is 2. The van der Waals surface area contributed by atoms with Crippen LogP contribution in [0.4, 0.5) is 4.79 Å². The maximum absolute atomic E-state index is 12.3. The zero-order chi connectivity index (χ0) is 18.9. The van der Waals surface area contributed by atoms with Gasteiger partial charge < -0.3 is 10.1 Å². The van der Waals surface area contributed by atoms with Crippen LogP contribution in [0.3, 0.4) is 0 Å². The third-order valence-electron chi connectivity index (χ3n) is 3.30. The lowest BCUT2D eigenvalue weighted by Gasteiger charge is -2.16. The number of carbonyl (C=O) groups excluding carboxylic acids is 3. The van der Waals surface area contributed by atoms with E-state index in [9.17, 15) is 14.4 Å². The van der Waals surface area contributed by atoms with Gasteiger partial charge in [-0.05, 0) is 23.8 Å². The second-order valence-electron chi connectivity index (χ2n) is 5.18. The number of rotatable bonds is 5. The van der Waals surface area contributed by atoms with Crippen LogP contribution in [0, 0.1) is 0 Å². The van der Waals surface area contributed by atoms with E-state index in [1.54, 1.807) is 36.4 Å². The molecule has 134 valence electrons. The summed E-state index contributed by atoms with van der Waals surface area (Å²) in [6.45, 7) is 0. The number of urea groups is 1. The summed E-state index contributed by atoms with van der Waals surface area (Å²) in [5.41, 5.74) is 1.25. The number of imide groups is 1. The summed E-state index contributed by atoms with van der Waals surface area (Å²) in [7, 11) is 1.38. The van der Waals surface area contributed by atoms with Crippen molar-refractivity contribution in [2.75, 3.05) is 7.05 Å². The number of carbonyl (C=O) groups is 3. The Kier molecular flexibility index (Phi) is 7.11. The number of esters is 1. The van der Waals surface area contributed by atoms with E-state index in [0.717, 1.165) is 10.0 Å². The summed E-state index contributed by atoms with van der Waals surface area (Å²) in [5, 5.41) is 4.40. The van der Waals surface area contributed by atoms with Gasteiger partial charge in [0.05, 0.1) is 0 Å². The summed E-state index contributed by atoms with van der Waals surface area (Å²) < 4.78 is 6.14. The average molecular weight is 417 g/mol. The van der Waals surface area contributed by atoms with Gasteiger partial charge >= 0.3 is 12.0 Å². The van der Waals surface area contributed by atoms with Crippen LogP contribution < -0.4 is 10.6 Å². The highest BCUT2D eigenvalue weighted by molar-refractivity contribution is 9.10. The van der Waals surface area contributed by atoms with Gasteiger partial charge in [-0.15, -0.1) is 0 Å². The minimum absolute atomic E-state index is 0.457. The topological polar surface area (TPSA) is 84.5 Å². The van der Waals surface area contributed by atoms with Crippen LogP contribution in [0.15, 0.2) is 65.1 Å². The smallest absolute Gasteiger partial charge is 0.331 e. The van der Waals surface area contributed by atoms with Crippen molar-refractivity contribution in [1.29, 1.82) is 0 Å². The molecule has 1 atom stereocenters. The van der Waals surface area contributed by atoms with E-state index in [0.29, 0.717) is 5.56 Å². The first-order chi connectivity index (χ1) is 12.5. The SMILES string of the molecule is CNC(=O)NC(=O)C(OC(=O)/C=C/c1cccc(Br)c1)c1ccccc1. The first kappa shape index (κ1) is 19.4.